The Balaban J connectivity index is 1.72. The van der Waals surface area contributed by atoms with Gasteiger partial charge in [-0.15, -0.1) is 0 Å². The van der Waals surface area contributed by atoms with E-state index in [9.17, 15) is 4.79 Å². The van der Waals surface area contributed by atoms with E-state index in [4.69, 9.17) is 9.26 Å². The lowest BCUT2D eigenvalue weighted by molar-refractivity contribution is 0.414. The molecule has 8 heteroatoms. The number of aryl methyl sites for hydroxylation is 1. The van der Waals surface area contributed by atoms with Crippen molar-refractivity contribution in [3.8, 4) is 17.2 Å². The average Bonchev–Trinajstić information content (AvgIpc) is 3.23. The first-order chi connectivity index (χ1) is 12.2. The molecule has 0 atom stereocenters. The Morgan fingerprint density at radius 2 is 2.08 bits per heavy atom. The molecule has 0 aliphatic rings. The molecule has 0 radical (unpaired) electrons. The number of nitrogens with zero attached hydrogens (tertiary/aromatic N) is 4. The van der Waals surface area contributed by atoms with Gasteiger partial charge in [-0.05, 0) is 24.6 Å². The van der Waals surface area contributed by atoms with Crippen LogP contribution in [0.4, 0.5) is 0 Å². The first kappa shape index (κ1) is 15.1. The number of benzene rings is 1. The zero-order valence-corrected chi connectivity index (χ0v) is 13.7. The van der Waals surface area contributed by atoms with Gasteiger partial charge in [-0.25, -0.2) is 4.68 Å². The van der Waals surface area contributed by atoms with Gasteiger partial charge >= 0.3 is 0 Å². The Labute approximate surface area is 142 Å². The minimum atomic E-state index is -0.196. The molecule has 0 unspecified atom stereocenters. The third-order valence-corrected chi connectivity index (χ3v) is 3.93. The largest absolute Gasteiger partial charge is 0.497 e. The van der Waals surface area contributed by atoms with Gasteiger partial charge in [0.25, 0.3) is 5.89 Å². The molecule has 0 saturated heterocycles. The summed E-state index contributed by atoms with van der Waals surface area (Å²) in [6.07, 6.45) is 3.12. The van der Waals surface area contributed by atoms with Crippen LogP contribution in [0.1, 0.15) is 11.4 Å². The molecule has 0 bridgehead atoms. The molecule has 0 aliphatic carbocycles. The average molecular weight is 337 g/mol. The topological polar surface area (TPSA) is 98.8 Å². The summed E-state index contributed by atoms with van der Waals surface area (Å²) in [5.74, 6) is 1.47. The van der Waals surface area contributed by atoms with Crippen LogP contribution in [0.5, 0.6) is 5.75 Å². The molecule has 0 amide bonds. The van der Waals surface area contributed by atoms with Gasteiger partial charge < -0.3 is 14.2 Å². The van der Waals surface area contributed by atoms with Crippen molar-refractivity contribution >= 4 is 11.0 Å². The maximum Gasteiger partial charge on any atom is 0.263 e. The summed E-state index contributed by atoms with van der Waals surface area (Å²) < 4.78 is 12.0. The number of hydrogen-bond acceptors (Lipinski definition) is 6. The summed E-state index contributed by atoms with van der Waals surface area (Å²) in [4.78, 5) is 19.9. The number of nitrogens with one attached hydrogen (secondary N) is 1. The Kier molecular flexibility index (Phi) is 3.57. The number of hydrogen-bond donors (Lipinski definition) is 1. The van der Waals surface area contributed by atoms with Gasteiger partial charge in [-0.3, -0.25) is 4.79 Å². The quantitative estimate of drug-likeness (QED) is 0.612. The van der Waals surface area contributed by atoms with Crippen molar-refractivity contribution in [1.82, 2.24) is 24.9 Å². The molecule has 4 rings (SSSR count). The molecule has 0 fully saturated rings. The SMILES string of the molecule is COc1ccc(Cn2ncc3c(=O)c(-c4nc(C)no4)c[nH]c32)cc1. The van der Waals surface area contributed by atoms with E-state index in [1.807, 2.05) is 24.3 Å². The highest BCUT2D eigenvalue weighted by molar-refractivity contribution is 5.78. The van der Waals surface area contributed by atoms with Gasteiger partial charge in [-0.2, -0.15) is 10.1 Å². The van der Waals surface area contributed by atoms with E-state index in [0.29, 0.717) is 29.0 Å². The predicted molar refractivity (Wildman–Crippen MR) is 90.5 cm³/mol. The van der Waals surface area contributed by atoms with Gasteiger partial charge in [0.15, 0.2) is 5.82 Å². The predicted octanol–water partition coefficient (Wildman–Crippen LogP) is 2.14. The minimum Gasteiger partial charge on any atom is -0.497 e. The van der Waals surface area contributed by atoms with Crippen LogP contribution in [0.25, 0.3) is 22.5 Å². The molecule has 8 nitrogen and oxygen atoms in total. The maximum absolute atomic E-state index is 12.7. The number of pyridine rings is 1. The number of H-pyrrole nitrogens is 1. The Morgan fingerprint density at radius 3 is 2.76 bits per heavy atom. The highest BCUT2D eigenvalue weighted by atomic mass is 16.5. The highest BCUT2D eigenvalue weighted by Gasteiger charge is 2.15. The van der Waals surface area contributed by atoms with Gasteiger partial charge in [-0.1, -0.05) is 17.3 Å². The van der Waals surface area contributed by atoms with Gasteiger partial charge in [0.2, 0.25) is 5.43 Å². The van der Waals surface area contributed by atoms with E-state index in [1.165, 1.54) is 0 Å². The molecular formula is C17H15N5O3. The minimum absolute atomic E-state index is 0.196. The van der Waals surface area contributed by atoms with Gasteiger partial charge in [0.05, 0.1) is 25.2 Å². The number of methoxy groups -OCH3 is 1. The Hall–Kier alpha value is -3.42. The summed E-state index contributed by atoms with van der Waals surface area (Å²) in [5.41, 5.74) is 1.82. The van der Waals surface area contributed by atoms with Crippen LogP contribution < -0.4 is 10.2 Å². The normalized spacial score (nSPS) is 11.1. The number of rotatable bonds is 4. The second-order valence-corrected chi connectivity index (χ2v) is 5.59. The lowest BCUT2D eigenvalue weighted by Crippen LogP contribution is -2.08. The molecule has 0 saturated carbocycles. The third kappa shape index (κ3) is 2.67. The number of ether oxygens (including phenoxy) is 1. The first-order valence-corrected chi connectivity index (χ1v) is 7.66. The van der Waals surface area contributed by atoms with Crippen LogP contribution in [0.2, 0.25) is 0 Å². The van der Waals surface area contributed by atoms with E-state index in [2.05, 4.69) is 20.2 Å². The Morgan fingerprint density at radius 1 is 1.28 bits per heavy atom. The summed E-state index contributed by atoms with van der Waals surface area (Å²) in [6, 6.07) is 7.69. The van der Waals surface area contributed by atoms with Crippen LogP contribution in [-0.4, -0.2) is 32.0 Å². The lowest BCUT2D eigenvalue weighted by Gasteiger charge is -2.05. The van der Waals surface area contributed by atoms with Crippen LogP contribution in [0.3, 0.4) is 0 Å². The number of fused-ring (bicyclic) bond motifs is 1. The summed E-state index contributed by atoms with van der Waals surface area (Å²) in [6.45, 7) is 2.23. The fourth-order valence-electron chi connectivity index (χ4n) is 2.64. The van der Waals surface area contributed by atoms with E-state index in [1.54, 1.807) is 31.1 Å². The van der Waals surface area contributed by atoms with Crippen molar-refractivity contribution in [3.63, 3.8) is 0 Å². The molecule has 1 aromatic carbocycles. The molecule has 4 aromatic rings. The second-order valence-electron chi connectivity index (χ2n) is 5.59. The van der Waals surface area contributed by atoms with E-state index >= 15 is 0 Å². The zero-order chi connectivity index (χ0) is 17.4. The smallest absolute Gasteiger partial charge is 0.263 e. The van der Waals surface area contributed by atoms with E-state index in [0.717, 1.165) is 11.3 Å². The number of aromatic amines is 1. The van der Waals surface area contributed by atoms with Gasteiger partial charge in [0.1, 0.15) is 17.0 Å². The first-order valence-electron chi connectivity index (χ1n) is 7.66. The molecule has 3 aromatic heterocycles. The van der Waals surface area contributed by atoms with Gasteiger partial charge in [0, 0.05) is 6.20 Å². The van der Waals surface area contributed by atoms with Crippen LogP contribution in [-0.2, 0) is 6.54 Å². The Bertz CT molecular complexity index is 1090. The lowest BCUT2D eigenvalue weighted by atomic mass is 10.2. The van der Waals surface area contributed by atoms with Crippen molar-refractivity contribution in [2.24, 2.45) is 0 Å². The van der Waals surface area contributed by atoms with Crippen molar-refractivity contribution < 1.29 is 9.26 Å². The van der Waals surface area contributed by atoms with E-state index < -0.39 is 0 Å². The number of aromatic nitrogens is 5. The van der Waals surface area contributed by atoms with Crippen LogP contribution in [0.15, 0.2) is 46.0 Å². The zero-order valence-electron chi connectivity index (χ0n) is 13.7. The molecule has 0 spiro atoms. The molecule has 1 N–H and O–H groups in total. The second kappa shape index (κ2) is 5.90. The third-order valence-electron chi connectivity index (χ3n) is 3.93. The maximum atomic E-state index is 12.7. The molecule has 126 valence electrons. The standard InChI is InChI=1S/C17H15N5O3/c1-10-20-17(25-21-10)14-7-18-16-13(15(14)23)8-19-22(16)9-11-3-5-12(24-2)6-4-11/h3-8H,9H2,1-2H3,(H,18,23). The fraction of sp³-hybridized carbons (Fsp3) is 0.176. The summed E-state index contributed by atoms with van der Waals surface area (Å²) in [7, 11) is 1.63. The van der Waals surface area contributed by atoms with Crippen molar-refractivity contribution in [2.45, 2.75) is 13.5 Å². The molecule has 25 heavy (non-hydrogen) atoms. The van der Waals surface area contributed by atoms with Crippen molar-refractivity contribution in [2.75, 3.05) is 7.11 Å². The summed E-state index contributed by atoms with van der Waals surface area (Å²) in [5, 5.41) is 8.51. The highest BCUT2D eigenvalue weighted by Crippen LogP contribution is 2.17. The van der Waals surface area contributed by atoms with Crippen LogP contribution >= 0.6 is 0 Å². The fourth-order valence-corrected chi connectivity index (χ4v) is 2.64. The van der Waals surface area contributed by atoms with Crippen molar-refractivity contribution in [3.05, 3.63) is 58.3 Å². The summed E-state index contributed by atoms with van der Waals surface area (Å²) >= 11 is 0. The molecule has 0 aliphatic heterocycles. The molecule has 3 heterocycles. The van der Waals surface area contributed by atoms with E-state index in [-0.39, 0.29) is 11.3 Å². The monoisotopic (exact) mass is 337 g/mol. The van der Waals surface area contributed by atoms with Crippen LogP contribution in [0, 0.1) is 6.92 Å². The molecular weight excluding hydrogens is 322 g/mol. The van der Waals surface area contributed by atoms with Crippen molar-refractivity contribution in [1.29, 1.82) is 0 Å².